The summed E-state index contributed by atoms with van der Waals surface area (Å²) in [6.07, 6.45) is 7.24. The van der Waals surface area contributed by atoms with Crippen molar-refractivity contribution in [2.45, 2.75) is 25.3 Å². The Balaban J connectivity index is 1.63. The van der Waals surface area contributed by atoms with E-state index in [0.29, 0.717) is 30.4 Å². The topological polar surface area (TPSA) is 86.5 Å². The Bertz CT molecular complexity index is 790. The molecule has 2 heterocycles. The van der Waals surface area contributed by atoms with Gasteiger partial charge in [0, 0.05) is 13.2 Å². The maximum atomic E-state index is 12.3. The average molecular weight is 355 g/mol. The number of terminal acetylenes is 1. The first-order valence-corrected chi connectivity index (χ1v) is 8.50. The Morgan fingerprint density at radius 2 is 2.15 bits per heavy atom. The molecule has 1 aliphatic heterocycles. The molecule has 7 heteroatoms. The molecular weight excluding hydrogens is 334 g/mol. The minimum atomic E-state index is -0.317. The smallest absolute Gasteiger partial charge is 0.251 e. The van der Waals surface area contributed by atoms with Crippen LogP contribution in [0.4, 0.5) is 0 Å². The molecule has 0 spiro atoms. The molecule has 1 aliphatic rings. The Labute approximate surface area is 152 Å². The van der Waals surface area contributed by atoms with E-state index in [1.807, 2.05) is 18.2 Å². The number of hydrogen-bond acceptors (Lipinski definition) is 6. The Hall–Kier alpha value is -2.85. The highest BCUT2D eigenvalue weighted by molar-refractivity contribution is 5.78. The van der Waals surface area contributed by atoms with Gasteiger partial charge in [-0.2, -0.15) is 0 Å². The van der Waals surface area contributed by atoms with Crippen LogP contribution in [0.15, 0.2) is 28.7 Å². The van der Waals surface area contributed by atoms with Gasteiger partial charge in [0.25, 0.3) is 5.89 Å². The van der Waals surface area contributed by atoms with Crippen molar-refractivity contribution in [2.24, 2.45) is 5.92 Å². The molecule has 1 aromatic carbocycles. The number of nitrogens with zero attached hydrogens (tertiary/aromatic N) is 2. The molecule has 0 bridgehead atoms. The number of carbonyl (C=O) groups is 1. The molecule has 0 radical (unpaired) electrons. The monoisotopic (exact) mass is 355 g/mol. The predicted molar refractivity (Wildman–Crippen MR) is 94.3 cm³/mol. The molecule has 1 amide bonds. The zero-order chi connectivity index (χ0) is 18.4. The van der Waals surface area contributed by atoms with Gasteiger partial charge < -0.3 is 19.2 Å². The van der Waals surface area contributed by atoms with Crippen LogP contribution < -0.4 is 10.1 Å². The van der Waals surface area contributed by atoms with Gasteiger partial charge in [0.1, 0.15) is 12.2 Å². The third-order valence-corrected chi connectivity index (χ3v) is 4.35. The highest BCUT2D eigenvalue weighted by atomic mass is 16.5. The highest BCUT2D eigenvalue weighted by Crippen LogP contribution is 2.28. The number of para-hydroxylation sites is 1. The zero-order valence-electron chi connectivity index (χ0n) is 14.6. The van der Waals surface area contributed by atoms with Crippen molar-refractivity contribution in [3.63, 3.8) is 0 Å². The van der Waals surface area contributed by atoms with E-state index in [-0.39, 0.29) is 30.2 Å². The van der Waals surface area contributed by atoms with Crippen molar-refractivity contribution >= 4 is 5.91 Å². The molecule has 2 aromatic rings. The fourth-order valence-electron chi connectivity index (χ4n) is 2.96. The number of carbonyl (C=O) groups excluding carboxylic acids is 1. The van der Waals surface area contributed by atoms with Gasteiger partial charge >= 0.3 is 0 Å². The molecule has 1 unspecified atom stereocenters. The molecule has 1 aromatic heterocycles. The summed E-state index contributed by atoms with van der Waals surface area (Å²) in [7, 11) is 1.57. The van der Waals surface area contributed by atoms with Crippen LogP contribution in [0.1, 0.15) is 18.7 Å². The van der Waals surface area contributed by atoms with E-state index >= 15 is 0 Å². The third-order valence-electron chi connectivity index (χ3n) is 4.35. The molecule has 1 N–H and O–H groups in total. The first-order valence-electron chi connectivity index (χ1n) is 8.50. The maximum absolute atomic E-state index is 12.3. The van der Waals surface area contributed by atoms with Crippen LogP contribution in [-0.4, -0.2) is 42.5 Å². The summed E-state index contributed by atoms with van der Waals surface area (Å²) in [6.45, 7) is 1.34. The van der Waals surface area contributed by atoms with E-state index in [4.69, 9.17) is 20.3 Å². The fraction of sp³-hybridized carbons (Fsp3) is 0.421. The van der Waals surface area contributed by atoms with Crippen LogP contribution in [0.25, 0.3) is 11.5 Å². The second kappa shape index (κ2) is 8.50. The number of methoxy groups -OCH3 is 1. The summed E-state index contributed by atoms with van der Waals surface area (Å²) >= 11 is 0. The molecule has 1 atom stereocenters. The van der Waals surface area contributed by atoms with Crippen LogP contribution in [0.3, 0.4) is 0 Å². The van der Waals surface area contributed by atoms with E-state index in [0.717, 1.165) is 12.8 Å². The van der Waals surface area contributed by atoms with Gasteiger partial charge in [-0.1, -0.05) is 18.1 Å². The Morgan fingerprint density at radius 3 is 2.88 bits per heavy atom. The molecular formula is C19H21N3O4. The summed E-state index contributed by atoms with van der Waals surface area (Å²) in [5, 5.41) is 10.8. The minimum Gasteiger partial charge on any atom is -0.496 e. The number of amides is 1. The van der Waals surface area contributed by atoms with Crippen molar-refractivity contribution < 1.29 is 18.7 Å². The highest BCUT2D eigenvalue weighted by Gasteiger charge is 2.24. The average Bonchev–Trinajstić information content (AvgIpc) is 3.15. The van der Waals surface area contributed by atoms with Crippen molar-refractivity contribution in [3.05, 3.63) is 30.2 Å². The van der Waals surface area contributed by atoms with Gasteiger partial charge in [-0.25, -0.2) is 0 Å². The number of benzene rings is 1. The normalized spacial score (nSPS) is 15.8. The van der Waals surface area contributed by atoms with Crippen LogP contribution in [0.5, 0.6) is 5.75 Å². The van der Waals surface area contributed by atoms with Crippen molar-refractivity contribution in [3.8, 4) is 29.5 Å². The van der Waals surface area contributed by atoms with Crippen molar-refractivity contribution in [1.29, 1.82) is 0 Å². The van der Waals surface area contributed by atoms with Gasteiger partial charge in [0.2, 0.25) is 11.8 Å². The molecule has 26 heavy (non-hydrogen) atoms. The lowest BCUT2D eigenvalue weighted by atomic mass is 9.92. The number of ether oxygens (including phenoxy) is 2. The lowest BCUT2D eigenvalue weighted by Crippen LogP contribution is -2.42. The van der Waals surface area contributed by atoms with Gasteiger partial charge in [-0.3, -0.25) is 4.79 Å². The third kappa shape index (κ3) is 4.21. The predicted octanol–water partition coefficient (Wildman–Crippen LogP) is 1.83. The second-order valence-electron chi connectivity index (χ2n) is 6.04. The number of nitrogens with one attached hydrogen (secondary N) is 1. The molecule has 3 rings (SSSR count). The SMILES string of the molecule is C#CC(NC(=O)Cc1nnc(-c2ccccc2OC)o1)C1CCOCC1. The lowest BCUT2D eigenvalue weighted by Gasteiger charge is -2.27. The maximum Gasteiger partial charge on any atom is 0.251 e. The van der Waals surface area contributed by atoms with Crippen LogP contribution in [-0.2, 0) is 16.0 Å². The molecule has 1 fully saturated rings. The fourth-order valence-corrected chi connectivity index (χ4v) is 2.96. The van der Waals surface area contributed by atoms with Crippen molar-refractivity contribution in [1.82, 2.24) is 15.5 Å². The molecule has 0 saturated carbocycles. The number of aromatic nitrogens is 2. The largest absolute Gasteiger partial charge is 0.496 e. The first kappa shape index (κ1) is 18.0. The van der Waals surface area contributed by atoms with Crippen LogP contribution >= 0.6 is 0 Å². The summed E-state index contributed by atoms with van der Waals surface area (Å²) in [6, 6.07) is 7.00. The number of rotatable bonds is 6. The van der Waals surface area contributed by atoms with Gasteiger partial charge in [0.05, 0.1) is 18.7 Å². The first-order chi connectivity index (χ1) is 12.7. The molecule has 0 aliphatic carbocycles. The molecule has 136 valence electrons. The second-order valence-corrected chi connectivity index (χ2v) is 6.04. The van der Waals surface area contributed by atoms with E-state index in [9.17, 15) is 4.79 Å². The zero-order valence-corrected chi connectivity index (χ0v) is 14.6. The van der Waals surface area contributed by atoms with E-state index in [1.54, 1.807) is 13.2 Å². The molecule has 1 saturated heterocycles. The summed E-state index contributed by atoms with van der Waals surface area (Å²) in [5.74, 6) is 3.81. The van der Waals surface area contributed by atoms with Crippen LogP contribution in [0.2, 0.25) is 0 Å². The number of hydrogen-bond donors (Lipinski definition) is 1. The van der Waals surface area contributed by atoms with E-state index in [1.165, 1.54) is 0 Å². The lowest BCUT2D eigenvalue weighted by molar-refractivity contribution is -0.121. The standard InChI is InChI=1S/C19H21N3O4/c1-3-15(13-8-10-25-11-9-13)20-17(23)12-18-21-22-19(26-18)14-6-4-5-7-16(14)24-2/h1,4-7,13,15H,8-12H2,2H3,(H,20,23). The van der Waals surface area contributed by atoms with E-state index < -0.39 is 0 Å². The Kier molecular flexibility index (Phi) is 5.87. The minimum absolute atomic E-state index is 0.0243. The van der Waals surface area contributed by atoms with Gasteiger partial charge in [0.15, 0.2) is 0 Å². The summed E-state index contributed by atoms with van der Waals surface area (Å²) in [5.41, 5.74) is 0.679. The van der Waals surface area contributed by atoms with Crippen LogP contribution in [0, 0.1) is 18.3 Å². The van der Waals surface area contributed by atoms with E-state index in [2.05, 4.69) is 21.4 Å². The Morgan fingerprint density at radius 1 is 1.38 bits per heavy atom. The van der Waals surface area contributed by atoms with Gasteiger partial charge in [-0.05, 0) is 30.9 Å². The molecule has 7 nitrogen and oxygen atoms in total. The summed E-state index contributed by atoms with van der Waals surface area (Å²) in [4.78, 5) is 12.3. The quantitative estimate of drug-likeness (QED) is 0.796. The summed E-state index contributed by atoms with van der Waals surface area (Å²) < 4.78 is 16.2. The van der Waals surface area contributed by atoms with Gasteiger partial charge in [-0.15, -0.1) is 16.6 Å². The van der Waals surface area contributed by atoms with Crippen molar-refractivity contribution in [2.75, 3.05) is 20.3 Å².